The van der Waals surface area contributed by atoms with Gasteiger partial charge in [0.1, 0.15) is 0 Å². The first-order valence-corrected chi connectivity index (χ1v) is 9.78. The van der Waals surface area contributed by atoms with E-state index in [-0.39, 0.29) is 11.3 Å². The zero-order chi connectivity index (χ0) is 17.9. The average molecular weight is 359 g/mol. The summed E-state index contributed by atoms with van der Waals surface area (Å²) in [6.07, 6.45) is 1.86. The van der Waals surface area contributed by atoms with Gasteiger partial charge in [-0.15, -0.1) is 0 Å². The van der Waals surface area contributed by atoms with Gasteiger partial charge in [-0.2, -0.15) is 4.31 Å². The van der Waals surface area contributed by atoms with Crippen molar-refractivity contribution in [3.05, 3.63) is 65.2 Å². The zero-order valence-corrected chi connectivity index (χ0v) is 14.7. The van der Waals surface area contributed by atoms with Crippen molar-refractivity contribution in [3.63, 3.8) is 0 Å². The fraction of sp³-hybridized carbons (Fsp3) is 0.316. The van der Waals surface area contributed by atoms with Crippen LogP contribution in [0.2, 0.25) is 0 Å². The van der Waals surface area contributed by atoms with Gasteiger partial charge in [-0.3, -0.25) is 4.79 Å². The molecule has 0 radical (unpaired) electrons. The number of aliphatic carboxylic acids is 1. The van der Waals surface area contributed by atoms with Crippen molar-refractivity contribution < 1.29 is 18.3 Å². The number of rotatable bonds is 5. The minimum atomic E-state index is -3.53. The number of aryl methyl sites for hydroxylation is 1. The van der Waals surface area contributed by atoms with Crippen LogP contribution in [0.5, 0.6) is 0 Å². The lowest BCUT2D eigenvalue weighted by Crippen LogP contribution is -2.33. The highest BCUT2D eigenvalue weighted by molar-refractivity contribution is 7.89. The van der Waals surface area contributed by atoms with Crippen LogP contribution >= 0.6 is 0 Å². The molecule has 6 heteroatoms. The Morgan fingerprint density at radius 3 is 2.04 bits per heavy atom. The summed E-state index contributed by atoms with van der Waals surface area (Å²) in [5.41, 5.74) is 3.25. The highest BCUT2D eigenvalue weighted by Gasteiger charge is 2.26. The van der Waals surface area contributed by atoms with Gasteiger partial charge >= 0.3 is 5.97 Å². The van der Waals surface area contributed by atoms with Gasteiger partial charge in [0, 0.05) is 19.5 Å². The number of carboxylic acid groups (broad SMARTS) is 1. The molecule has 0 aromatic heterocycles. The second kappa shape index (κ2) is 7.37. The Morgan fingerprint density at radius 1 is 0.960 bits per heavy atom. The average Bonchev–Trinajstić information content (AvgIpc) is 2.83. The fourth-order valence-corrected chi connectivity index (χ4v) is 4.56. The summed E-state index contributed by atoms with van der Waals surface area (Å²) < 4.78 is 27.3. The standard InChI is InChI=1S/C19H21NO4S/c21-19(22)10-7-15-5-8-18(9-6-15)25(23,24)20-13-11-16-3-1-2-4-17(16)12-14-20/h1-6,8-9H,7,10-14H2,(H,21,22). The Morgan fingerprint density at radius 2 is 1.52 bits per heavy atom. The fourth-order valence-electron chi connectivity index (χ4n) is 3.12. The van der Waals surface area contributed by atoms with E-state index < -0.39 is 16.0 Å². The van der Waals surface area contributed by atoms with Crippen LogP contribution in [0, 0.1) is 0 Å². The van der Waals surface area contributed by atoms with Crippen molar-refractivity contribution >= 4 is 16.0 Å². The Balaban J connectivity index is 1.74. The van der Waals surface area contributed by atoms with E-state index in [2.05, 4.69) is 12.1 Å². The summed E-state index contributed by atoms with van der Waals surface area (Å²) in [5, 5.41) is 8.73. The number of nitrogens with zero attached hydrogens (tertiary/aromatic N) is 1. The smallest absolute Gasteiger partial charge is 0.303 e. The van der Waals surface area contributed by atoms with Crippen LogP contribution in [0.25, 0.3) is 0 Å². The zero-order valence-electron chi connectivity index (χ0n) is 13.9. The molecule has 25 heavy (non-hydrogen) atoms. The first kappa shape index (κ1) is 17.6. The molecule has 5 nitrogen and oxygen atoms in total. The van der Waals surface area contributed by atoms with Crippen LogP contribution in [-0.4, -0.2) is 36.9 Å². The Kier molecular flexibility index (Phi) is 5.20. The molecule has 3 rings (SSSR count). The quantitative estimate of drug-likeness (QED) is 0.890. The summed E-state index contributed by atoms with van der Waals surface area (Å²) in [6.45, 7) is 0.945. The maximum Gasteiger partial charge on any atom is 0.303 e. The van der Waals surface area contributed by atoms with Crippen LogP contribution in [0.3, 0.4) is 0 Å². The molecule has 132 valence electrons. The van der Waals surface area contributed by atoms with Gasteiger partial charge < -0.3 is 5.11 Å². The van der Waals surface area contributed by atoms with Crippen LogP contribution in [0.1, 0.15) is 23.1 Å². The molecular formula is C19H21NO4S. The van der Waals surface area contributed by atoms with Crippen LogP contribution in [-0.2, 0) is 34.1 Å². The van der Waals surface area contributed by atoms with Crippen molar-refractivity contribution in [3.8, 4) is 0 Å². The molecule has 0 fully saturated rings. The molecule has 2 aromatic carbocycles. The van der Waals surface area contributed by atoms with E-state index in [0.29, 0.717) is 32.4 Å². The molecule has 0 saturated carbocycles. The lowest BCUT2D eigenvalue weighted by atomic mass is 10.0. The van der Waals surface area contributed by atoms with Gasteiger partial charge in [-0.25, -0.2) is 8.42 Å². The van der Waals surface area contributed by atoms with Crippen LogP contribution in [0.4, 0.5) is 0 Å². The minimum Gasteiger partial charge on any atom is -0.481 e. The summed E-state index contributed by atoms with van der Waals surface area (Å²) in [5.74, 6) is -0.860. The van der Waals surface area contributed by atoms with E-state index in [1.807, 2.05) is 12.1 Å². The van der Waals surface area contributed by atoms with E-state index in [1.54, 1.807) is 28.6 Å². The van der Waals surface area contributed by atoms with Gasteiger partial charge in [0.05, 0.1) is 4.90 Å². The van der Waals surface area contributed by atoms with Gasteiger partial charge in [0.25, 0.3) is 0 Å². The molecule has 1 N–H and O–H groups in total. The number of carbonyl (C=O) groups is 1. The SMILES string of the molecule is O=C(O)CCc1ccc(S(=O)(=O)N2CCc3ccccc3CC2)cc1. The van der Waals surface area contributed by atoms with E-state index in [4.69, 9.17) is 5.11 Å². The summed E-state index contributed by atoms with van der Waals surface area (Å²) in [4.78, 5) is 10.9. The second-order valence-electron chi connectivity index (χ2n) is 6.21. The van der Waals surface area contributed by atoms with Crippen molar-refractivity contribution in [2.24, 2.45) is 0 Å². The molecule has 0 atom stereocenters. The normalized spacial score (nSPS) is 15.4. The maximum atomic E-state index is 12.9. The summed E-state index contributed by atoms with van der Waals surface area (Å²) in [7, 11) is -3.53. The largest absolute Gasteiger partial charge is 0.481 e. The molecule has 0 spiro atoms. The maximum absolute atomic E-state index is 12.9. The molecule has 0 aliphatic carbocycles. The van der Waals surface area contributed by atoms with E-state index in [9.17, 15) is 13.2 Å². The molecule has 1 aliphatic heterocycles. The minimum absolute atomic E-state index is 0.0382. The van der Waals surface area contributed by atoms with Gasteiger partial charge in [-0.1, -0.05) is 36.4 Å². The summed E-state index contributed by atoms with van der Waals surface area (Å²) >= 11 is 0. The molecule has 2 aromatic rings. The number of hydrogen-bond acceptors (Lipinski definition) is 3. The third-order valence-corrected chi connectivity index (χ3v) is 6.48. The number of carboxylic acids is 1. The third-order valence-electron chi connectivity index (χ3n) is 4.57. The monoisotopic (exact) mass is 359 g/mol. The molecule has 0 saturated heterocycles. The predicted molar refractivity (Wildman–Crippen MR) is 95.0 cm³/mol. The van der Waals surface area contributed by atoms with E-state index in [1.165, 1.54) is 11.1 Å². The number of fused-ring (bicyclic) bond motifs is 1. The molecule has 1 heterocycles. The number of benzene rings is 2. The first-order valence-electron chi connectivity index (χ1n) is 8.34. The van der Waals surface area contributed by atoms with Crippen LogP contribution < -0.4 is 0 Å². The predicted octanol–water partition coefficient (Wildman–Crippen LogP) is 2.49. The van der Waals surface area contributed by atoms with Gasteiger partial charge in [0.2, 0.25) is 10.0 Å². The topological polar surface area (TPSA) is 74.7 Å². The molecule has 1 aliphatic rings. The highest BCUT2D eigenvalue weighted by atomic mass is 32.2. The first-order chi connectivity index (χ1) is 12.0. The third kappa shape index (κ3) is 4.08. The second-order valence-corrected chi connectivity index (χ2v) is 8.15. The molecule has 0 amide bonds. The highest BCUT2D eigenvalue weighted by Crippen LogP contribution is 2.22. The molecular weight excluding hydrogens is 338 g/mol. The van der Waals surface area contributed by atoms with Crippen LogP contribution in [0.15, 0.2) is 53.4 Å². The van der Waals surface area contributed by atoms with E-state index in [0.717, 1.165) is 5.56 Å². The molecule has 0 bridgehead atoms. The number of hydrogen-bond donors (Lipinski definition) is 1. The van der Waals surface area contributed by atoms with Gasteiger partial charge in [-0.05, 0) is 48.1 Å². The number of sulfonamides is 1. The Labute approximate surface area is 148 Å². The van der Waals surface area contributed by atoms with Crippen molar-refractivity contribution in [1.29, 1.82) is 0 Å². The lowest BCUT2D eigenvalue weighted by Gasteiger charge is -2.20. The van der Waals surface area contributed by atoms with Gasteiger partial charge in [0.15, 0.2) is 0 Å². The molecule has 0 unspecified atom stereocenters. The Bertz CT molecular complexity index is 832. The van der Waals surface area contributed by atoms with Crippen molar-refractivity contribution in [2.45, 2.75) is 30.6 Å². The van der Waals surface area contributed by atoms with Crippen molar-refractivity contribution in [2.75, 3.05) is 13.1 Å². The summed E-state index contributed by atoms with van der Waals surface area (Å²) in [6, 6.07) is 14.6. The Hall–Kier alpha value is -2.18. The van der Waals surface area contributed by atoms with E-state index >= 15 is 0 Å². The van der Waals surface area contributed by atoms with Crippen molar-refractivity contribution in [1.82, 2.24) is 4.31 Å². The lowest BCUT2D eigenvalue weighted by molar-refractivity contribution is -0.136.